The lowest BCUT2D eigenvalue weighted by molar-refractivity contribution is 0.459. The molecule has 1 heterocycles. The van der Waals surface area contributed by atoms with E-state index in [1.165, 1.54) is 0 Å². The van der Waals surface area contributed by atoms with Gasteiger partial charge in [0.25, 0.3) is 0 Å². The Morgan fingerprint density at radius 2 is 1.96 bits per heavy atom. The maximum atomic E-state index is 9.55. The van der Waals surface area contributed by atoms with E-state index in [2.05, 4.69) is 22.2 Å². The van der Waals surface area contributed by atoms with E-state index in [4.69, 9.17) is 4.74 Å². The summed E-state index contributed by atoms with van der Waals surface area (Å²) in [4.78, 5) is 8.05. The number of phenols is 1. The van der Waals surface area contributed by atoms with E-state index in [1.807, 2.05) is 36.4 Å². The van der Waals surface area contributed by atoms with Crippen molar-refractivity contribution in [2.24, 2.45) is 0 Å². The lowest BCUT2D eigenvalue weighted by Crippen LogP contribution is -2.17. The summed E-state index contributed by atoms with van der Waals surface area (Å²) < 4.78 is 5.62. The summed E-state index contributed by atoms with van der Waals surface area (Å²) in [6.07, 6.45) is 4.78. The van der Waals surface area contributed by atoms with Crippen LogP contribution in [0.2, 0.25) is 0 Å². The average molecular weight is 321 g/mol. The standard InChI is InChI=1S/C19H19N3O2/c1-14(16-3-2-4-17(23)11-16)22-12-15-5-7-18(8-6-15)24-19-13-20-9-10-21-19/h2-11,13-14,22-23H,12H2,1H3/t14-/m0/s1. The van der Waals surface area contributed by atoms with Crippen molar-refractivity contribution in [2.45, 2.75) is 19.5 Å². The maximum Gasteiger partial charge on any atom is 0.237 e. The number of aromatic nitrogens is 2. The SMILES string of the molecule is C[C@H](NCc1ccc(Oc2cnccn2)cc1)c1cccc(O)c1. The molecule has 0 saturated heterocycles. The summed E-state index contributed by atoms with van der Waals surface area (Å²) in [5, 5.41) is 13.0. The van der Waals surface area contributed by atoms with Crippen molar-refractivity contribution < 1.29 is 9.84 Å². The number of phenolic OH excluding ortho intramolecular Hbond substituents is 1. The molecule has 0 aliphatic carbocycles. The highest BCUT2D eigenvalue weighted by Gasteiger charge is 2.06. The van der Waals surface area contributed by atoms with Gasteiger partial charge in [-0.05, 0) is 42.3 Å². The molecule has 5 heteroatoms. The molecule has 5 nitrogen and oxygen atoms in total. The zero-order chi connectivity index (χ0) is 16.8. The smallest absolute Gasteiger partial charge is 0.237 e. The Morgan fingerprint density at radius 1 is 1.12 bits per heavy atom. The Balaban J connectivity index is 1.56. The van der Waals surface area contributed by atoms with Gasteiger partial charge in [-0.2, -0.15) is 0 Å². The fourth-order valence-electron chi connectivity index (χ4n) is 2.32. The lowest BCUT2D eigenvalue weighted by atomic mass is 10.1. The summed E-state index contributed by atoms with van der Waals surface area (Å²) >= 11 is 0. The minimum atomic E-state index is 0.146. The molecule has 0 radical (unpaired) electrons. The Kier molecular flexibility index (Phi) is 5.03. The molecule has 0 spiro atoms. The van der Waals surface area contributed by atoms with Crippen molar-refractivity contribution in [3.63, 3.8) is 0 Å². The molecule has 1 aromatic heterocycles. The van der Waals surface area contributed by atoms with Crippen LogP contribution in [-0.4, -0.2) is 15.1 Å². The van der Waals surface area contributed by atoms with Gasteiger partial charge in [0.2, 0.25) is 5.88 Å². The van der Waals surface area contributed by atoms with Crippen LogP contribution in [0.3, 0.4) is 0 Å². The van der Waals surface area contributed by atoms with E-state index < -0.39 is 0 Å². The number of benzene rings is 2. The second-order valence-electron chi connectivity index (χ2n) is 5.49. The van der Waals surface area contributed by atoms with Gasteiger partial charge in [-0.1, -0.05) is 24.3 Å². The molecule has 2 N–H and O–H groups in total. The first-order valence-corrected chi connectivity index (χ1v) is 7.76. The molecular weight excluding hydrogens is 302 g/mol. The molecule has 0 aliphatic heterocycles. The Labute approximate surface area is 141 Å². The van der Waals surface area contributed by atoms with Crippen LogP contribution in [-0.2, 0) is 6.54 Å². The number of rotatable bonds is 6. The molecule has 24 heavy (non-hydrogen) atoms. The predicted octanol–water partition coefficient (Wildman–Crippen LogP) is 3.83. The molecule has 0 unspecified atom stereocenters. The minimum Gasteiger partial charge on any atom is -0.508 e. The van der Waals surface area contributed by atoms with Crippen molar-refractivity contribution >= 4 is 0 Å². The van der Waals surface area contributed by atoms with Crippen LogP contribution in [0.15, 0.2) is 67.1 Å². The molecule has 0 fully saturated rings. The second kappa shape index (κ2) is 7.57. The molecule has 122 valence electrons. The van der Waals surface area contributed by atoms with Crippen LogP contribution < -0.4 is 10.1 Å². The average Bonchev–Trinajstić information content (AvgIpc) is 2.62. The summed E-state index contributed by atoms with van der Waals surface area (Å²) in [6.45, 7) is 2.79. The van der Waals surface area contributed by atoms with Gasteiger partial charge in [0.1, 0.15) is 11.5 Å². The maximum absolute atomic E-state index is 9.55. The van der Waals surface area contributed by atoms with Crippen molar-refractivity contribution in [2.75, 3.05) is 0 Å². The molecule has 0 aliphatic rings. The van der Waals surface area contributed by atoms with Crippen LogP contribution in [0, 0.1) is 0 Å². The van der Waals surface area contributed by atoms with E-state index in [-0.39, 0.29) is 11.8 Å². The molecule has 3 rings (SSSR count). The van der Waals surface area contributed by atoms with Crippen molar-refractivity contribution in [1.29, 1.82) is 0 Å². The number of aromatic hydroxyl groups is 1. The number of nitrogens with one attached hydrogen (secondary N) is 1. The van der Waals surface area contributed by atoms with Crippen LogP contribution in [0.5, 0.6) is 17.4 Å². The largest absolute Gasteiger partial charge is 0.508 e. The number of hydrogen-bond donors (Lipinski definition) is 2. The van der Waals surface area contributed by atoms with Crippen LogP contribution >= 0.6 is 0 Å². The molecule has 3 aromatic rings. The van der Waals surface area contributed by atoms with Crippen molar-refractivity contribution in [1.82, 2.24) is 15.3 Å². The first-order chi connectivity index (χ1) is 11.7. The summed E-state index contributed by atoms with van der Waals surface area (Å²) in [6, 6.07) is 15.3. The summed E-state index contributed by atoms with van der Waals surface area (Å²) in [7, 11) is 0. The highest BCUT2D eigenvalue weighted by molar-refractivity contribution is 5.31. The van der Waals surface area contributed by atoms with E-state index in [9.17, 15) is 5.11 Å². The van der Waals surface area contributed by atoms with Gasteiger partial charge < -0.3 is 15.2 Å². The Bertz CT molecular complexity index is 776. The van der Waals surface area contributed by atoms with Crippen molar-refractivity contribution in [3.8, 4) is 17.4 Å². The second-order valence-corrected chi connectivity index (χ2v) is 5.49. The number of hydrogen-bond acceptors (Lipinski definition) is 5. The number of ether oxygens (including phenoxy) is 1. The quantitative estimate of drug-likeness (QED) is 0.722. The van der Waals surface area contributed by atoms with Gasteiger partial charge in [0.15, 0.2) is 0 Å². The van der Waals surface area contributed by atoms with E-state index in [0.29, 0.717) is 5.88 Å². The molecule has 0 bridgehead atoms. The van der Waals surface area contributed by atoms with E-state index in [1.54, 1.807) is 30.7 Å². The number of nitrogens with zero attached hydrogens (tertiary/aromatic N) is 2. The topological polar surface area (TPSA) is 67.3 Å². The predicted molar refractivity (Wildman–Crippen MR) is 91.9 cm³/mol. The van der Waals surface area contributed by atoms with Gasteiger partial charge in [0, 0.05) is 25.0 Å². The van der Waals surface area contributed by atoms with Gasteiger partial charge in [-0.25, -0.2) is 4.98 Å². The first kappa shape index (κ1) is 16.0. The fraction of sp³-hybridized carbons (Fsp3) is 0.158. The van der Waals surface area contributed by atoms with Crippen LogP contribution in [0.1, 0.15) is 24.1 Å². The fourth-order valence-corrected chi connectivity index (χ4v) is 2.32. The third-order valence-corrected chi connectivity index (χ3v) is 3.67. The van der Waals surface area contributed by atoms with E-state index in [0.717, 1.165) is 23.4 Å². The molecule has 2 aromatic carbocycles. The first-order valence-electron chi connectivity index (χ1n) is 7.76. The van der Waals surface area contributed by atoms with Crippen molar-refractivity contribution in [3.05, 3.63) is 78.2 Å². The molecule has 1 atom stereocenters. The lowest BCUT2D eigenvalue weighted by Gasteiger charge is -2.15. The monoisotopic (exact) mass is 321 g/mol. The minimum absolute atomic E-state index is 0.146. The molecule has 0 amide bonds. The highest BCUT2D eigenvalue weighted by atomic mass is 16.5. The zero-order valence-electron chi connectivity index (χ0n) is 13.4. The highest BCUT2D eigenvalue weighted by Crippen LogP contribution is 2.20. The van der Waals surface area contributed by atoms with Gasteiger partial charge in [-0.15, -0.1) is 0 Å². The van der Waals surface area contributed by atoms with Gasteiger partial charge in [-0.3, -0.25) is 4.98 Å². The van der Waals surface area contributed by atoms with Crippen LogP contribution in [0.4, 0.5) is 0 Å². The summed E-state index contributed by atoms with van der Waals surface area (Å²) in [5.74, 6) is 1.48. The zero-order valence-corrected chi connectivity index (χ0v) is 13.4. The third kappa shape index (κ3) is 4.30. The van der Waals surface area contributed by atoms with Gasteiger partial charge in [0.05, 0.1) is 6.20 Å². The Hall–Kier alpha value is -2.92. The van der Waals surface area contributed by atoms with E-state index >= 15 is 0 Å². The third-order valence-electron chi connectivity index (χ3n) is 3.67. The van der Waals surface area contributed by atoms with Gasteiger partial charge >= 0.3 is 0 Å². The molecule has 0 saturated carbocycles. The Morgan fingerprint density at radius 3 is 2.67 bits per heavy atom. The summed E-state index contributed by atoms with van der Waals surface area (Å²) in [5.41, 5.74) is 2.20. The normalized spacial score (nSPS) is 11.9. The van der Waals surface area contributed by atoms with Crippen LogP contribution in [0.25, 0.3) is 0 Å². The molecular formula is C19H19N3O2.